The predicted molar refractivity (Wildman–Crippen MR) is 88.9 cm³/mol. The molecule has 0 spiro atoms. The Morgan fingerprint density at radius 3 is 2.76 bits per heavy atom. The van der Waals surface area contributed by atoms with Crippen LogP contribution in [0.4, 0.5) is 0 Å². The monoisotopic (exact) mass is 295 g/mol. The minimum absolute atomic E-state index is 0.634. The van der Waals surface area contributed by atoms with Gasteiger partial charge in [-0.25, -0.2) is 4.98 Å². The van der Waals surface area contributed by atoms with Crippen LogP contribution in [0.15, 0.2) is 36.4 Å². The first-order valence-corrected chi connectivity index (χ1v) is 7.54. The van der Waals surface area contributed by atoms with Gasteiger partial charge < -0.3 is 4.98 Å². The number of pyridine rings is 1. The van der Waals surface area contributed by atoms with Crippen molar-refractivity contribution in [3.8, 4) is 11.3 Å². The van der Waals surface area contributed by atoms with E-state index in [-0.39, 0.29) is 0 Å². The predicted octanol–water partition coefficient (Wildman–Crippen LogP) is 4.62. The average Bonchev–Trinajstić information content (AvgIpc) is 2.46. The van der Waals surface area contributed by atoms with Crippen molar-refractivity contribution >= 4 is 23.1 Å². The van der Waals surface area contributed by atoms with E-state index in [1.165, 1.54) is 0 Å². The lowest BCUT2D eigenvalue weighted by molar-refractivity contribution is 0.833. The fourth-order valence-electron chi connectivity index (χ4n) is 2.41. The van der Waals surface area contributed by atoms with E-state index in [1.54, 1.807) is 0 Å². The summed E-state index contributed by atoms with van der Waals surface area (Å²) in [4.78, 5) is 12.3. The molecule has 3 rings (SSSR count). The normalized spacial score (nSPS) is 11.0. The van der Waals surface area contributed by atoms with E-state index >= 15 is 0 Å². The zero-order valence-corrected chi connectivity index (χ0v) is 13.0. The van der Waals surface area contributed by atoms with Crippen LogP contribution in [0.3, 0.4) is 0 Å². The number of H-pyrrole nitrogens is 1. The zero-order valence-electron chi connectivity index (χ0n) is 12.2. The molecular weight excluding hydrogens is 278 g/mol. The Balaban J connectivity index is 2.11. The number of benzene rings is 1. The highest BCUT2D eigenvalue weighted by Gasteiger charge is 2.04. The van der Waals surface area contributed by atoms with Gasteiger partial charge in [-0.2, -0.15) is 0 Å². The van der Waals surface area contributed by atoms with Crippen molar-refractivity contribution in [1.82, 2.24) is 15.0 Å². The number of hydrogen-bond donors (Lipinski definition) is 1. The van der Waals surface area contributed by atoms with E-state index < -0.39 is 0 Å². The largest absolute Gasteiger partial charge is 0.343 e. The highest BCUT2D eigenvalue weighted by atomic mass is 32.1. The maximum atomic E-state index is 5.27. The van der Waals surface area contributed by atoms with Crippen molar-refractivity contribution in [2.24, 2.45) is 0 Å². The molecule has 0 saturated heterocycles. The molecule has 0 bridgehead atoms. The maximum Gasteiger partial charge on any atom is 0.130 e. The van der Waals surface area contributed by atoms with Gasteiger partial charge in [-0.15, -0.1) is 0 Å². The molecule has 2 heterocycles. The first-order valence-electron chi connectivity index (χ1n) is 7.14. The summed E-state index contributed by atoms with van der Waals surface area (Å²) in [5.74, 6) is 0.946. The number of aromatic amines is 1. The van der Waals surface area contributed by atoms with Crippen LogP contribution in [0.5, 0.6) is 0 Å². The van der Waals surface area contributed by atoms with Crippen molar-refractivity contribution in [3.05, 3.63) is 52.6 Å². The summed E-state index contributed by atoms with van der Waals surface area (Å²) in [6.07, 6.45) is 1.95. The van der Waals surface area contributed by atoms with Crippen LogP contribution in [-0.2, 0) is 6.42 Å². The van der Waals surface area contributed by atoms with Crippen molar-refractivity contribution in [3.63, 3.8) is 0 Å². The Kier molecular flexibility index (Phi) is 3.80. The molecule has 3 nitrogen and oxygen atoms in total. The molecule has 0 aliphatic heterocycles. The Hall–Kier alpha value is -2.07. The maximum absolute atomic E-state index is 5.27. The lowest BCUT2D eigenvalue weighted by Gasteiger charge is -2.07. The molecule has 0 saturated carbocycles. The molecule has 2 aromatic heterocycles. The Labute approximate surface area is 129 Å². The molecule has 4 heteroatoms. The smallest absolute Gasteiger partial charge is 0.130 e. The minimum atomic E-state index is 0.634. The number of aromatic nitrogens is 3. The number of hydrogen-bond acceptors (Lipinski definition) is 3. The van der Waals surface area contributed by atoms with Crippen LogP contribution >= 0.6 is 12.2 Å². The zero-order chi connectivity index (χ0) is 14.8. The number of nitrogens with zero attached hydrogens (tertiary/aromatic N) is 2. The number of fused-ring (bicyclic) bond motifs is 1. The Morgan fingerprint density at radius 1 is 1.10 bits per heavy atom. The second-order valence-electron chi connectivity index (χ2n) is 5.19. The Morgan fingerprint density at radius 2 is 1.95 bits per heavy atom. The van der Waals surface area contributed by atoms with Gasteiger partial charge >= 0.3 is 0 Å². The van der Waals surface area contributed by atoms with E-state index in [1.807, 2.05) is 19.1 Å². The first kappa shape index (κ1) is 13.9. The molecule has 0 fully saturated rings. The topological polar surface area (TPSA) is 41.6 Å². The van der Waals surface area contributed by atoms with Crippen LogP contribution in [-0.4, -0.2) is 15.0 Å². The molecule has 0 aliphatic rings. The van der Waals surface area contributed by atoms with Crippen LogP contribution in [0, 0.1) is 11.6 Å². The molecule has 0 atom stereocenters. The number of nitrogens with one attached hydrogen (secondary N) is 1. The van der Waals surface area contributed by atoms with Crippen LogP contribution in [0.25, 0.3) is 22.2 Å². The van der Waals surface area contributed by atoms with Crippen LogP contribution < -0.4 is 0 Å². The SMILES string of the molecule is CCCc1nc(=S)cc(-c2ccc3nc(C)ccc3c2)[nH]1. The molecule has 0 unspecified atom stereocenters. The van der Waals surface area contributed by atoms with Crippen molar-refractivity contribution in [2.45, 2.75) is 26.7 Å². The third kappa shape index (κ3) is 3.00. The quantitative estimate of drug-likeness (QED) is 0.717. The summed E-state index contributed by atoms with van der Waals surface area (Å²) < 4.78 is 0.634. The van der Waals surface area contributed by atoms with Crippen LogP contribution in [0.1, 0.15) is 24.9 Å². The van der Waals surface area contributed by atoms with E-state index in [0.29, 0.717) is 4.64 Å². The summed E-state index contributed by atoms with van der Waals surface area (Å²) in [5.41, 5.74) is 4.17. The van der Waals surface area contributed by atoms with E-state index in [2.05, 4.69) is 46.1 Å². The van der Waals surface area contributed by atoms with Crippen molar-refractivity contribution in [1.29, 1.82) is 0 Å². The fourth-order valence-corrected chi connectivity index (χ4v) is 2.64. The number of aryl methyl sites for hydroxylation is 2. The summed E-state index contributed by atoms with van der Waals surface area (Å²) >= 11 is 5.27. The fraction of sp³-hybridized carbons (Fsp3) is 0.235. The van der Waals surface area contributed by atoms with Gasteiger partial charge in [0.25, 0.3) is 0 Å². The van der Waals surface area contributed by atoms with Crippen molar-refractivity contribution < 1.29 is 0 Å². The van der Waals surface area contributed by atoms with E-state index in [0.717, 1.165) is 46.5 Å². The van der Waals surface area contributed by atoms with Crippen LogP contribution in [0.2, 0.25) is 0 Å². The van der Waals surface area contributed by atoms with E-state index in [9.17, 15) is 0 Å². The van der Waals surface area contributed by atoms with Crippen molar-refractivity contribution in [2.75, 3.05) is 0 Å². The molecule has 1 N–H and O–H groups in total. The standard InChI is InChI=1S/C17H17N3S/c1-3-4-16-19-15(10-17(21)20-16)13-7-8-14-12(9-13)6-5-11(2)18-14/h5-10H,3-4H2,1-2H3,(H,19,20,21). The van der Waals surface area contributed by atoms with Gasteiger partial charge in [0.2, 0.25) is 0 Å². The second-order valence-corrected chi connectivity index (χ2v) is 5.61. The summed E-state index contributed by atoms with van der Waals surface area (Å²) in [5, 5.41) is 1.13. The van der Waals surface area contributed by atoms with Gasteiger partial charge in [-0.3, -0.25) is 4.98 Å². The third-order valence-corrected chi connectivity index (χ3v) is 3.63. The van der Waals surface area contributed by atoms with E-state index in [4.69, 9.17) is 12.2 Å². The summed E-state index contributed by atoms with van der Waals surface area (Å²) in [6, 6.07) is 12.3. The second kappa shape index (κ2) is 5.74. The van der Waals surface area contributed by atoms with Gasteiger partial charge in [0, 0.05) is 23.2 Å². The molecule has 106 valence electrons. The summed E-state index contributed by atoms with van der Waals surface area (Å²) in [6.45, 7) is 4.14. The third-order valence-electron chi connectivity index (χ3n) is 3.42. The number of rotatable bonds is 3. The lowest BCUT2D eigenvalue weighted by atomic mass is 10.1. The molecular formula is C17H17N3S. The van der Waals surface area contributed by atoms with Gasteiger partial charge in [0.15, 0.2) is 0 Å². The molecule has 21 heavy (non-hydrogen) atoms. The minimum Gasteiger partial charge on any atom is -0.343 e. The molecule has 0 aliphatic carbocycles. The molecule has 3 aromatic rings. The van der Waals surface area contributed by atoms with Gasteiger partial charge in [-0.05, 0) is 43.2 Å². The molecule has 1 aromatic carbocycles. The van der Waals surface area contributed by atoms with Gasteiger partial charge in [-0.1, -0.05) is 31.3 Å². The first-order chi connectivity index (χ1) is 10.2. The molecule has 0 amide bonds. The van der Waals surface area contributed by atoms with Gasteiger partial charge in [0.1, 0.15) is 10.5 Å². The van der Waals surface area contributed by atoms with Gasteiger partial charge in [0.05, 0.1) is 5.52 Å². The Bertz CT molecular complexity index is 852. The molecule has 0 radical (unpaired) electrons. The highest BCUT2D eigenvalue weighted by molar-refractivity contribution is 7.71. The average molecular weight is 295 g/mol. The highest BCUT2D eigenvalue weighted by Crippen LogP contribution is 2.22. The lowest BCUT2D eigenvalue weighted by Crippen LogP contribution is -1.97. The summed E-state index contributed by atoms with van der Waals surface area (Å²) in [7, 11) is 0.